The molecular weight excluding hydrogens is 345 g/mol. The average molecular weight is 368 g/mol. The Morgan fingerprint density at radius 1 is 1.32 bits per heavy atom. The van der Waals surface area contributed by atoms with Crippen LogP contribution in [0, 0.1) is 11.7 Å². The van der Waals surface area contributed by atoms with Gasteiger partial charge in [0.05, 0.1) is 10.9 Å². The number of amides is 2. The maximum absolute atomic E-state index is 13.3. The zero-order valence-corrected chi connectivity index (χ0v) is 15.3. The smallest absolute Gasteiger partial charge is 0.241 e. The molecule has 2 bridgehead atoms. The topological polar surface area (TPSA) is 43.9 Å². The Balaban J connectivity index is 1.73. The van der Waals surface area contributed by atoms with Crippen molar-refractivity contribution in [3.63, 3.8) is 0 Å². The SMILES string of the molecule is CN(C)C(=O)CN1C(=O)[C@H]2CC[C@@H]1CN(Cc1ccc(F)c(Cl)c1)C2. The van der Waals surface area contributed by atoms with E-state index >= 15 is 0 Å². The fourth-order valence-corrected chi connectivity index (χ4v) is 3.85. The van der Waals surface area contributed by atoms with E-state index in [1.807, 2.05) is 0 Å². The Labute approximate surface area is 152 Å². The second-order valence-electron chi connectivity index (χ2n) is 7.12. The molecule has 2 amide bonds. The molecule has 1 aromatic carbocycles. The molecule has 0 aromatic heterocycles. The average Bonchev–Trinajstić information content (AvgIpc) is 2.82. The van der Waals surface area contributed by atoms with Crippen LogP contribution in [0.25, 0.3) is 0 Å². The third-order valence-electron chi connectivity index (χ3n) is 5.06. The molecule has 0 unspecified atom stereocenters. The summed E-state index contributed by atoms with van der Waals surface area (Å²) in [7, 11) is 3.40. The number of hydrogen-bond donors (Lipinski definition) is 0. The number of carbonyl (C=O) groups is 2. The molecule has 0 aliphatic carbocycles. The lowest BCUT2D eigenvalue weighted by Gasteiger charge is -2.36. The minimum Gasteiger partial charge on any atom is -0.347 e. The fraction of sp³-hybridized carbons (Fsp3) is 0.556. The number of fused-ring (bicyclic) bond motifs is 4. The summed E-state index contributed by atoms with van der Waals surface area (Å²) in [6.07, 6.45) is 1.77. The van der Waals surface area contributed by atoms with Crippen LogP contribution in [0.2, 0.25) is 5.02 Å². The van der Waals surface area contributed by atoms with Gasteiger partial charge in [-0.3, -0.25) is 14.5 Å². The molecular formula is C18H23ClFN3O2. The maximum Gasteiger partial charge on any atom is 0.241 e. The van der Waals surface area contributed by atoms with Gasteiger partial charge in [0.1, 0.15) is 12.4 Å². The van der Waals surface area contributed by atoms with Crippen molar-refractivity contribution < 1.29 is 14.0 Å². The minimum absolute atomic E-state index is 0.0473. The molecule has 5 nitrogen and oxygen atoms in total. The summed E-state index contributed by atoms with van der Waals surface area (Å²) in [5.74, 6) is -0.488. The molecule has 3 fully saturated rings. The standard InChI is InChI=1S/C18H23ClFN3O2/c1-21(2)17(24)11-23-14-5-4-13(18(23)25)9-22(10-14)8-12-3-6-16(20)15(19)7-12/h3,6-7,13-14H,4-5,8-11H2,1-2H3/t13-,14+/m0/s1. The number of hydrogen-bond acceptors (Lipinski definition) is 3. The lowest BCUT2D eigenvalue weighted by Crippen LogP contribution is -2.51. The highest BCUT2D eigenvalue weighted by Gasteiger charge is 2.41. The summed E-state index contributed by atoms with van der Waals surface area (Å²) < 4.78 is 13.3. The summed E-state index contributed by atoms with van der Waals surface area (Å²) in [5, 5.41) is 0.115. The first-order valence-corrected chi connectivity index (χ1v) is 8.90. The lowest BCUT2D eigenvalue weighted by molar-refractivity contribution is -0.145. The molecule has 0 spiro atoms. The summed E-state index contributed by atoms with van der Waals surface area (Å²) >= 11 is 5.87. The quantitative estimate of drug-likeness (QED) is 0.817. The van der Waals surface area contributed by atoms with E-state index in [1.54, 1.807) is 31.1 Å². The number of likely N-dealkylation sites (N-methyl/N-ethyl adjacent to an activating group) is 1. The van der Waals surface area contributed by atoms with Gasteiger partial charge in [-0.05, 0) is 30.5 Å². The van der Waals surface area contributed by atoms with Gasteiger partial charge in [0.25, 0.3) is 0 Å². The Morgan fingerprint density at radius 2 is 2.08 bits per heavy atom. The molecule has 3 aliphatic rings. The van der Waals surface area contributed by atoms with E-state index < -0.39 is 5.82 Å². The van der Waals surface area contributed by atoms with Crippen LogP contribution in [0.4, 0.5) is 4.39 Å². The fourth-order valence-electron chi connectivity index (χ4n) is 3.65. The first kappa shape index (κ1) is 18.1. The predicted molar refractivity (Wildman–Crippen MR) is 93.6 cm³/mol. The largest absolute Gasteiger partial charge is 0.347 e. The van der Waals surface area contributed by atoms with Gasteiger partial charge >= 0.3 is 0 Å². The molecule has 3 aliphatic heterocycles. The van der Waals surface area contributed by atoms with Crippen LogP contribution < -0.4 is 0 Å². The number of benzene rings is 1. The van der Waals surface area contributed by atoms with Crippen LogP contribution in [0.1, 0.15) is 18.4 Å². The number of rotatable bonds is 4. The second kappa shape index (κ2) is 7.30. The normalized spacial score (nSPS) is 23.7. The number of carbonyl (C=O) groups excluding carboxylic acids is 2. The van der Waals surface area contributed by atoms with E-state index in [0.717, 1.165) is 24.9 Å². The molecule has 0 saturated carbocycles. The van der Waals surface area contributed by atoms with Crippen molar-refractivity contribution in [1.82, 2.24) is 14.7 Å². The summed E-state index contributed by atoms with van der Waals surface area (Å²) in [4.78, 5) is 30.2. The van der Waals surface area contributed by atoms with Crippen molar-refractivity contribution in [2.24, 2.45) is 5.92 Å². The van der Waals surface area contributed by atoms with Gasteiger partial charge in [-0.25, -0.2) is 4.39 Å². The highest BCUT2D eigenvalue weighted by Crippen LogP contribution is 2.30. The van der Waals surface area contributed by atoms with E-state index in [9.17, 15) is 14.0 Å². The molecule has 1 aromatic rings. The monoisotopic (exact) mass is 367 g/mol. The molecule has 0 N–H and O–H groups in total. The van der Waals surface area contributed by atoms with E-state index in [4.69, 9.17) is 11.6 Å². The van der Waals surface area contributed by atoms with Gasteiger partial charge in [-0.2, -0.15) is 0 Å². The van der Waals surface area contributed by atoms with Gasteiger partial charge < -0.3 is 9.80 Å². The Morgan fingerprint density at radius 3 is 2.76 bits per heavy atom. The van der Waals surface area contributed by atoms with Gasteiger partial charge in [-0.1, -0.05) is 17.7 Å². The van der Waals surface area contributed by atoms with Crippen LogP contribution >= 0.6 is 11.6 Å². The number of piperidine rings is 1. The second-order valence-corrected chi connectivity index (χ2v) is 7.53. The number of halogens is 2. The molecule has 2 atom stereocenters. The van der Waals surface area contributed by atoms with E-state index in [0.29, 0.717) is 13.1 Å². The molecule has 3 saturated heterocycles. The maximum atomic E-state index is 13.3. The van der Waals surface area contributed by atoms with Crippen molar-refractivity contribution in [3.05, 3.63) is 34.6 Å². The third kappa shape index (κ3) is 3.96. The molecule has 25 heavy (non-hydrogen) atoms. The third-order valence-corrected chi connectivity index (χ3v) is 5.35. The summed E-state index contributed by atoms with van der Waals surface area (Å²) in [6, 6.07) is 4.78. The van der Waals surface area contributed by atoms with Crippen molar-refractivity contribution in [2.75, 3.05) is 33.7 Å². The molecule has 7 heteroatoms. The number of nitrogens with zero attached hydrogens (tertiary/aromatic N) is 3. The minimum atomic E-state index is -0.426. The first-order valence-electron chi connectivity index (χ1n) is 8.52. The first-order chi connectivity index (χ1) is 11.8. The predicted octanol–water partition coefficient (Wildman–Crippen LogP) is 1.99. The van der Waals surface area contributed by atoms with Gasteiger partial charge in [0.15, 0.2) is 0 Å². The van der Waals surface area contributed by atoms with Crippen molar-refractivity contribution >= 4 is 23.4 Å². The Kier molecular flexibility index (Phi) is 5.29. The zero-order valence-electron chi connectivity index (χ0n) is 14.5. The highest BCUT2D eigenvalue weighted by atomic mass is 35.5. The van der Waals surface area contributed by atoms with Crippen LogP contribution in [0.15, 0.2) is 18.2 Å². The van der Waals surface area contributed by atoms with Gasteiger partial charge in [0.2, 0.25) is 11.8 Å². The van der Waals surface area contributed by atoms with Crippen LogP contribution in [-0.2, 0) is 16.1 Å². The van der Waals surface area contributed by atoms with Crippen LogP contribution in [0.5, 0.6) is 0 Å². The van der Waals surface area contributed by atoms with Crippen molar-refractivity contribution in [1.29, 1.82) is 0 Å². The van der Waals surface area contributed by atoms with Crippen molar-refractivity contribution in [3.8, 4) is 0 Å². The van der Waals surface area contributed by atoms with Gasteiger partial charge in [-0.15, -0.1) is 0 Å². The molecule has 4 rings (SSSR count). The molecule has 0 radical (unpaired) electrons. The Hall–Kier alpha value is -1.66. The molecule has 3 heterocycles. The Bertz CT molecular complexity index is 682. The van der Waals surface area contributed by atoms with Crippen LogP contribution in [0.3, 0.4) is 0 Å². The van der Waals surface area contributed by atoms with E-state index in [-0.39, 0.29) is 35.3 Å². The van der Waals surface area contributed by atoms with Gasteiger partial charge in [0, 0.05) is 39.8 Å². The lowest BCUT2D eigenvalue weighted by atomic mass is 9.94. The summed E-state index contributed by atoms with van der Waals surface area (Å²) in [5.41, 5.74) is 0.927. The van der Waals surface area contributed by atoms with Crippen LogP contribution in [-0.4, -0.2) is 66.3 Å². The van der Waals surface area contributed by atoms with E-state index in [1.165, 1.54) is 11.0 Å². The van der Waals surface area contributed by atoms with Crippen molar-refractivity contribution in [2.45, 2.75) is 25.4 Å². The van der Waals surface area contributed by atoms with E-state index in [2.05, 4.69) is 4.90 Å². The zero-order chi connectivity index (χ0) is 18.1. The molecule has 136 valence electrons. The summed E-state index contributed by atoms with van der Waals surface area (Å²) in [6.45, 7) is 2.15. The highest BCUT2D eigenvalue weighted by molar-refractivity contribution is 6.30.